The Morgan fingerprint density at radius 3 is 2.42 bits per heavy atom. The van der Waals surface area contributed by atoms with E-state index < -0.39 is 12.4 Å². The van der Waals surface area contributed by atoms with Crippen LogP contribution in [-0.4, -0.2) is 56.6 Å². The van der Waals surface area contributed by atoms with Crippen molar-refractivity contribution in [1.82, 2.24) is 0 Å². The summed E-state index contributed by atoms with van der Waals surface area (Å²) in [5, 5.41) is 10.1. The molecule has 4 atom stereocenters. The third kappa shape index (κ3) is 5.36. The van der Waals surface area contributed by atoms with Crippen LogP contribution in [0.1, 0.15) is 39.5 Å². The van der Waals surface area contributed by atoms with Crippen LogP contribution in [0.3, 0.4) is 0 Å². The Balaban J connectivity index is 2.40. The fourth-order valence-corrected chi connectivity index (χ4v) is 2.05. The van der Waals surface area contributed by atoms with Gasteiger partial charge in [0.2, 0.25) is 0 Å². The average molecular weight is 276 g/mol. The van der Waals surface area contributed by atoms with Crippen molar-refractivity contribution in [3.05, 3.63) is 0 Å². The van der Waals surface area contributed by atoms with Gasteiger partial charge >= 0.3 is 0 Å². The van der Waals surface area contributed by atoms with Gasteiger partial charge in [-0.2, -0.15) is 0 Å². The minimum Gasteiger partial charge on any atom is -0.385 e. The van der Waals surface area contributed by atoms with E-state index in [2.05, 4.69) is 13.8 Å². The number of methoxy groups -OCH3 is 1. The Hall–Kier alpha value is -0.200. The molecule has 0 saturated carbocycles. The topological polar surface area (TPSA) is 57.2 Å². The predicted molar refractivity (Wildman–Crippen MR) is 72.1 cm³/mol. The van der Waals surface area contributed by atoms with Crippen LogP contribution in [0.15, 0.2) is 0 Å². The van der Waals surface area contributed by atoms with Crippen LogP contribution in [0, 0.1) is 0 Å². The lowest BCUT2D eigenvalue weighted by Gasteiger charge is -2.20. The van der Waals surface area contributed by atoms with E-state index in [0.717, 1.165) is 25.7 Å². The van der Waals surface area contributed by atoms with Crippen molar-refractivity contribution in [1.29, 1.82) is 0 Å². The molecule has 0 amide bonds. The number of unbranched alkanes of at least 4 members (excludes halogenated alkanes) is 2. The molecule has 0 aromatic heterocycles. The van der Waals surface area contributed by atoms with Gasteiger partial charge in [0.05, 0.1) is 6.61 Å². The molecule has 1 heterocycles. The monoisotopic (exact) mass is 276 g/mol. The van der Waals surface area contributed by atoms with E-state index in [4.69, 9.17) is 18.9 Å². The van der Waals surface area contributed by atoms with E-state index in [-0.39, 0.29) is 12.2 Å². The molecule has 0 radical (unpaired) electrons. The largest absolute Gasteiger partial charge is 0.385 e. The molecule has 0 aromatic rings. The van der Waals surface area contributed by atoms with Gasteiger partial charge in [-0.3, -0.25) is 0 Å². The van der Waals surface area contributed by atoms with Gasteiger partial charge in [-0.25, -0.2) is 0 Å². The van der Waals surface area contributed by atoms with Gasteiger partial charge in [-0.1, -0.05) is 26.7 Å². The Bertz CT molecular complexity index is 224. The van der Waals surface area contributed by atoms with Crippen molar-refractivity contribution in [2.24, 2.45) is 0 Å². The molecule has 5 nitrogen and oxygen atoms in total. The fourth-order valence-electron chi connectivity index (χ4n) is 2.05. The van der Waals surface area contributed by atoms with E-state index >= 15 is 0 Å². The van der Waals surface area contributed by atoms with Gasteiger partial charge in [0, 0.05) is 20.3 Å². The molecule has 19 heavy (non-hydrogen) atoms. The number of aliphatic hydroxyl groups excluding tert-OH is 1. The third-order valence-electron chi connectivity index (χ3n) is 3.26. The van der Waals surface area contributed by atoms with Crippen LogP contribution in [-0.2, 0) is 18.9 Å². The summed E-state index contributed by atoms with van der Waals surface area (Å²) in [6.07, 6.45) is 2.19. The van der Waals surface area contributed by atoms with E-state index in [9.17, 15) is 5.11 Å². The summed E-state index contributed by atoms with van der Waals surface area (Å²) in [6, 6.07) is 0. The second kappa shape index (κ2) is 9.66. The lowest BCUT2D eigenvalue weighted by atomic mass is 10.1. The normalized spacial score (nSPS) is 30.9. The zero-order chi connectivity index (χ0) is 14.1. The lowest BCUT2D eigenvalue weighted by molar-refractivity contribution is -0.156. The fraction of sp³-hybridized carbons (Fsp3) is 1.00. The Morgan fingerprint density at radius 2 is 1.79 bits per heavy atom. The molecule has 1 saturated heterocycles. The highest BCUT2D eigenvalue weighted by molar-refractivity contribution is 4.88. The first-order valence-electron chi connectivity index (χ1n) is 7.30. The Labute approximate surface area is 116 Å². The summed E-state index contributed by atoms with van der Waals surface area (Å²) in [7, 11) is 1.53. The first kappa shape index (κ1) is 16.9. The Morgan fingerprint density at radius 1 is 1.11 bits per heavy atom. The van der Waals surface area contributed by atoms with Crippen LogP contribution in [0.2, 0.25) is 0 Å². The second-order valence-electron chi connectivity index (χ2n) is 4.89. The highest BCUT2D eigenvalue weighted by atomic mass is 16.7. The molecular formula is C14H28O5. The Kier molecular flexibility index (Phi) is 8.57. The molecular weight excluding hydrogens is 248 g/mol. The third-order valence-corrected chi connectivity index (χ3v) is 3.26. The minimum absolute atomic E-state index is 0.256. The zero-order valence-corrected chi connectivity index (χ0v) is 12.3. The maximum Gasteiger partial charge on any atom is 0.186 e. The number of ether oxygens (including phenoxy) is 4. The van der Waals surface area contributed by atoms with E-state index in [0.29, 0.717) is 19.8 Å². The smallest absolute Gasteiger partial charge is 0.186 e. The maximum atomic E-state index is 10.1. The molecule has 0 bridgehead atoms. The number of hydrogen-bond acceptors (Lipinski definition) is 5. The standard InChI is InChI=1S/C14H28O5/c1-4-6-8-17-10-11-13(18-9-7-5-2)12(15)14(16-3)19-11/h11-15H,4-10H2,1-3H3/t11-,12-,13-,14?/m1/s1. The van der Waals surface area contributed by atoms with Crippen molar-refractivity contribution in [2.45, 2.75) is 64.1 Å². The summed E-state index contributed by atoms with van der Waals surface area (Å²) in [6.45, 7) is 6.01. The van der Waals surface area contributed by atoms with Crippen LogP contribution >= 0.6 is 0 Å². The van der Waals surface area contributed by atoms with Gasteiger partial charge in [0.1, 0.15) is 18.3 Å². The highest BCUT2D eigenvalue weighted by Crippen LogP contribution is 2.25. The quantitative estimate of drug-likeness (QED) is 0.616. The molecule has 1 N–H and O–H groups in total. The van der Waals surface area contributed by atoms with Gasteiger partial charge in [-0.15, -0.1) is 0 Å². The molecule has 1 aliphatic rings. The van der Waals surface area contributed by atoms with Crippen LogP contribution in [0.4, 0.5) is 0 Å². The van der Waals surface area contributed by atoms with Crippen molar-refractivity contribution in [3.63, 3.8) is 0 Å². The van der Waals surface area contributed by atoms with Gasteiger partial charge in [-0.05, 0) is 12.8 Å². The summed E-state index contributed by atoms with van der Waals surface area (Å²) in [5.74, 6) is 0. The van der Waals surface area contributed by atoms with Gasteiger partial charge in [0.15, 0.2) is 6.29 Å². The van der Waals surface area contributed by atoms with E-state index in [1.807, 2.05) is 0 Å². The molecule has 0 spiro atoms. The first-order valence-corrected chi connectivity index (χ1v) is 7.30. The summed E-state index contributed by atoms with van der Waals surface area (Å²) < 4.78 is 22.0. The van der Waals surface area contributed by atoms with Gasteiger partial charge < -0.3 is 24.1 Å². The molecule has 1 rings (SSSR count). The zero-order valence-electron chi connectivity index (χ0n) is 12.3. The molecule has 1 unspecified atom stereocenters. The van der Waals surface area contributed by atoms with E-state index in [1.54, 1.807) is 0 Å². The van der Waals surface area contributed by atoms with Crippen molar-refractivity contribution < 1.29 is 24.1 Å². The van der Waals surface area contributed by atoms with Crippen LogP contribution in [0.5, 0.6) is 0 Å². The summed E-state index contributed by atoms with van der Waals surface area (Å²) >= 11 is 0. The highest BCUT2D eigenvalue weighted by Gasteiger charge is 2.44. The van der Waals surface area contributed by atoms with Crippen molar-refractivity contribution in [3.8, 4) is 0 Å². The molecule has 1 fully saturated rings. The first-order chi connectivity index (χ1) is 9.24. The number of aliphatic hydroxyl groups is 1. The average Bonchev–Trinajstić information content (AvgIpc) is 2.72. The van der Waals surface area contributed by atoms with Crippen molar-refractivity contribution >= 4 is 0 Å². The minimum atomic E-state index is -0.748. The molecule has 5 heteroatoms. The van der Waals surface area contributed by atoms with Crippen LogP contribution < -0.4 is 0 Å². The van der Waals surface area contributed by atoms with Crippen LogP contribution in [0.25, 0.3) is 0 Å². The lowest BCUT2D eigenvalue weighted by Crippen LogP contribution is -2.37. The summed E-state index contributed by atoms with van der Waals surface area (Å²) in [4.78, 5) is 0. The van der Waals surface area contributed by atoms with Crippen molar-refractivity contribution in [2.75, 3.05) is 26.9 Å². The number of hydrogen-bond donors (Lipinski definition) is 1. The molecule has 0 aromatic carbocycles. The predicted octanol–water partition coefficient (Wildman–Crippen LogP) is 1.72. The maximum absolute atomic E-state index is 10.1. The molecule has 0 aliphatic carbocycles. The second-order valence-corrected chi connectivity index (χ2v) is 4.89. The molecule has 114 valence electrons. The molecule has 1 aliphatic heterocycles. The summed E-state index contributed by atoms with van der Waals surface area (Å²) in [5.41, 5.74) is 0. The van der Waals surface area contributed by atoms with E-state index in [1.165, 1.54) is 7.11 Å². The van der Waals surface area contributed by atoms with Gasteiger partial charge in [0.25, 0.3) is 0 Å². The number of rotatable bonds is 10. The SMILES string of the molecule is CCCCOC[C@H]1OC(OC)[C@H](O)[C@@H]1OCCCC.